The topological polar surface area (TPSA) is 80.0 Å². The molecule has 1 unspecified atom stereocenters. The summed E-state index contributed by atoms with van der Waals surface area (Å²) >= 11 is 5.86. The minimum Gasteiger partial charge on any atom is -0.346 e. The van der Waals surface area contributed by atoms with Crippen molar-refractivity contribution in [2.45, 2.75) is 19.9 Å². The van der Waals surface area contributed by atoms with Crippen LogP contribution in [0.4, 0.5) is 5.82 Å². The van der Waals surface area contributed by atoms with Crippen molar-refractivity contribution in [3.05, 3.63) is 58.2 Å². The highest BCUT2D eigenvalue weighted by Crippen LogP contribution is 2.19. The number of hydrazine groups is 1. The van der Waals surface area contributed by atoms with E-state index >= 15 is 0 Å². The number of nitrogen functional groups attached to an aromatic ring is 1. The van der Waals surface area contributed by atoms with Crippen molar-refractivity contribution in [3.63, 3.8) is 0 Å². The van der Waals surface area contributed by atoms with Crippen molar-refractivity contribution in [2.75, 3.05) is 5.43 Å². The second-order valence-electron chi connectivity index (χ2n) is 4.76. The number of hydrogen-bond donors (Lipinski definition) is 3. The number of hydrogen-bond acceptors (Lipinski definition) is 4. The average molecular weight is 305 g/mol. The Morgan fingerprint density at radius 1 is 1.33 bits per heavy atom. The Bertz CT molecular complexity index is 660. The zero-order valence-corrected chi connectivity index (χ0v) is 12.6. The van der Waals surface area contributed by atoms with E-state index in [0.29, 0.717) is 11.4 Å². The van der Waals surface area contributed by atoms with Crippen molar-refractivity contribution in [3.8, 4) is 0 Å². The van der Waals surface area contributed by atoms with Crippen molar-refractivity contribution >= 4 is 23.3 Å². The number of anilines is 1. The first-order valence-corrected chi connectivity index (χ1v) is 6.89. The number of amides is 1. The number of aromatic nitrogens is 1. The van der Waals surface area contributed by atoms with Crippen molar-refractivity contribution < 1.29 is 4.79 Å². The third-order valence-corrected chi connectivity index (χ3v) is 3.40. The smallest absolute Gasteiger partial charge is 0.251 e. The molecule has 1 atom stereocenters. The van der Waals surface area contributed by atoms with Gasteiger partial charge in [0, 0.05) is 5.56 Å². The van der Waals surface area contributed by atoms with E-state index in [-0.39, 0.29) is 17.1 Å². The molecule has 2 rings (SSSR count). The van der Waals surface area contributed by atoms with E-state index in [4.69, 9.17) is 17.4 Å². The van der Waals surface area contributed by atoms with Crippen LogP contribution >= 0.6 is 11.6 Å². The lowest BCUT2D eigenvalue weighted by molar-refractivity contribution is 0.0940. The molecule has 0 saturated carbocycles. The Labute approximate surface area is 128 Å². The molecule has 1 aromatic carbocycles. The van der Waals surface area contributed by atoms with Gasteiger partial charge in [0.2, 0.25) is 0 Å². The summed E-state index contributed by atoms with van der Waals surface area (Å²) in [6.07, 6.45) is 0. The second kappa shape index (κ2) is 6.56. The van der Waals surface area contributed by atoms with Crippen molar-refractivity contribution in [2.24, 2.45) is 5.84 Å². The first kappa shape index (κ1) is 15.3. The van der Waals surface area contributed by atoms with Crippen molar-refractivity contribution in [1.29, 1.82) is 0 Å². The molecule has 110 valence electrons. The molecule has 0 saturated heterocycles. The maximum atomic E-state index is 12.3. The van der Waals surface area contributed by atoms with Crippen LogP contribution in [-0.2, 0) is 0 Å². The van der Waals surface area contributed by atoms with E-state index in [1.165, 1.54) is 6.07 Å². The molecule has 2 aromatic rings. The molecule has 21 heavy (non-hydrogen) atoms. The number of benzene rings is 1. The number of halogens is 1. The van der Waals surface area contributed by atoms with Gasteiger partial charge in [0.1, 0.15) is 11.0 Å². The summed E-state index contributed by atoms with van der Waals surface area (Å²) in [6, 6.07) is 10.9. The molecule has 4 N–H and O–H groups in total. The lowest BCUT2D eigenvalue weighted by Crippen LogP contribution is -2.27. The first-order chi connectivity index (χ1) is 10.0. The number of rotatable bonds is 4. The number of nitrogens with two attached hydrogens (primary N) is 1. The Morgan fingerprint density at radius 2 is 2.05 bits per heavy atom. The quantitative estimate of drug-likeness (QED) is 0.461. The van der Waals surface area contributed by atoms with Crippen molar-refractivity contribution in [1.82, 2.24) is 10.3 Å². The molecular formula is C15H17ClN4O. The first-order valence-electron chi connectivity index (χ1n) is 6.52. The summed E-state index contributed by atoms with van der Waals surface area (Å²) in [4.78, 5) is 16.2. The predicted molar refractivity (Wildman–Crippen MR) is 84.1 cm³/mol. The Morgan fingerprint density at radius 3 is 2.71 bits per heavy atom. The summed E-state index contributed by atoms with van der Waals surface area (Å²) in [5.41, 5.74) is 4.99. The number of carbonyl (C=O) groups is 1. The normalized spacial score (nSPS) is 11.8. The molecule has 6 heteroatoms. The lowest BCUT2D eigenvalue weighted by atomic mass is 10.0. The van der Waals surface area contributed by atoms with Crippen LogP contribution in [0.3, 0.4) is 0 Å². The third-order valence-electron chi connectivity index (χ3n) is 3.21. The van der Waals surface area contributed by atoms with Gasteiger partial charge in [-0.05, 0) is 37.1 Å². The van der Waals surface area contributed by atoms with Gasteiger partial charge in [-0.2, -0.15) is 0 Å². The molecule has 0 bridgehead atoms. The van der Waals surface area contributed by atoms with Gasteiger partial charge in [-0.1, -0.05) is 35.9 Å². The number of pyridine rings is 1. The molecule has 0 spiro atoms. The lowest BCUT2D eigenvalue weighted by Gasteiger charge is -2.17. The monoisotopic (exact) mass is 304 g/mol. The summed E-state index contributed by atoms with van der Waals surface area (Å²) in [5, 5.41) is 3.15. The predicted octanol–water partition coefficient (Wildman–Crippen LogP) is 2.82. The van der Waals surface area contributed by atoms with E-state index in [1.54, 1.807) is 6.07 Å². The van der Waals surface area contributed by atoms with Gasteiger partial charge in [0.15, 0.2) is 0 Å². The largest absolute Gasteiger partial charge is 0.346 e. The van der Waals surface area contributed by atoms with Crippen LogP contribution in [0.25, 0.3) is 0 Å². The maximum absolute atomic E-state index is 12.3. The van der Waals surface area contributed by atoms with Gasteiger partial charge < -0.3 is 10.7 Å². The van der Waals surface area contributed by atoms with Crippen LogP contribution in [0.1, 0.15) is 34.5 Å². The standard InChI is InChI=1S/C15H17ClN4O/c1-9-5-3-4-6-12(9)10(2)18-15(21)11-7-13(16)19-14(8-11)20-17/h3-8,10H,17H2,1-2H3,(H,18,21)(H,19,20). The highest BCUT2D eigenvalue weighted by atomic mass is 35.5. The Kier molecular flexibility index (Phi) is 4.77. The van der Waals surface area contributed by atoms with Crippen LogP contribution in [-0.4, -0.2) is 10.9 Å². The molecule has 0 radical (unpaired) electrons. The van der Waals surface area contributed by atoms with Crippen LogP contribution in [0.2, 0.25) is 5.15 Å². The molecule has 5 nitrogen and oxygen atoms in total. The summed E-state index contributed by atoms with van der Waals surface area (Å²) < 4.78 is 0. The fraction of sp³-hybridized carbons (Fsp3) is 0.200. The molecule has 1 heterocycles. The van der Waals surface area contributed by atoms with E-state index in [9.17, 15) is 4.79 Å². The number of carbonyl (C=O) groups excluding carboxylic acids is 1. The highest BCUT2D eigenvalue weighted by molar-refractivity contribution is 6.29. The minimum absolute atomic E-state index is 0.111. The van der Waals surface area contributed by atoms with E-state index in [2.05, 4.69) is 15.7 Å². The van der Waals surface area contributed by atoms with Gasteiger partial charge >= 0.3 is 0 Å². The van der Waals surface area contributed by atoms with Crippen LogP contribution < -0.4 is 16.6 Å². The molecule has 0 aliphatic carbocycles. The zero-order chi connectivity index (χ0) is 15.4. The molecule has 1 aromatic heterocycles. The van der Waals surface area contributed by atoms with E-state index in [1.807, 2.05) is 38.1 Å². The number of aryl methyl sites for hydroxylation is 1. The summed E-state index contributed by atoms with van der Waals surface area (Å²) in [5.74, 6) is 5.41. The number of nitrogens with zero attached hydrogens (tertiary/aromatic N) is 1. The summed E-state index contributed by atoms with van der Waals surface area (Å²) in [6.45, 7) is 3.95. The third kappa shape index (κ3) is 3.71. The van der Waals surface area contributed by atoms with Crippen LogP contribution in [0.15, 0.2) is 36.4 Å². The second-order valence-corrected chi connectivity index (χ2v) is 5.15. The van der Waals surface area contributed by atoms with Gasteiger partial charge in [-0.25, -0.2) is 10.8 Å². The molecule has 1 amide bonds. The van der Waals surface area contributed by atoms with E-state index in [0.717, 1.165) is 11.1 Å². The Hall–Kier alpha value is -2.11. The highest BCUT2D eigenvalue weighted by Gasteiger charge is 2.14. The van der Waals surface area contributed by atoms with E-state index < -0.39 is 0 Å². The summed E-state index contributed by atoms with van der Waals surface area (Å²) in [7, 11) is 0. The molecule has 0 aliphatic rings. The van der Waals surface area contributed by atoms with Gasteiger partial charge in [-0.15, -0.1) is 0 Å². The average Bonchev–Trinajstić information content (AvgIpc) is 2.46. The molecular weight excluding hydrogens is 288 g/mol. The SMILES string of the molecule is Cc1ccccc1C(C)NC(=O)c1cc(Cl)nc(NN)c1. The van der Waals surface area contributed by atoms with Gasteiger partial charge in [-0.3, -0.25) is 4.79 Å². The van der Waals surface area contributed by atoms with Gasteiger partial charge in [0.25, 0.3) is 5.91 Å². The molecule has 0 aliphatic heterocycles. The fourth-order valence-corrected chi connectivity index (χ4v) is 2.34. The minimum atomic E-state index is -0.230. The molecule has 0 fully saturated rings. The maximum Gasteiger partial charge on any atom is 0.251 e. The fourth-order valence-electron chi connectivity index (χ4n) is 2.13. The van der Waals surface area contributed by atoms with Crippen LogP contribution in [0.5, 0.6) is 0 Å². The number of nitrogens with one attached hydrogen (secondary N) is 2. The zero-order valence-electron chi connectivity index (χ0n) is 11.9. The van der Waals surface area contributed by atoms with Gasteiger partial charge in [0.05, 0.1) is 6.04 Å². The Balaban J connectivity index is 2.18. The van der Waals surface area contributed by atoms with Crippen LogP contribution in [0, 0.1) is 6.92 Å².